The Labute approximate surface area is 116 Å². The second-order valence-electron chi connectivity index (χ2n) is 5.50. The largest absolute Gasteiger partial charge is 0.354 e. The maximum atomic E-state index is 11.7. The molecule has 0 aliphatic rings. The molecule has 0 heterocycles. The first-order valence-corrected chi connectivity index (χ1v) is 5.99. The van der Waals surface area contributed by atoms with Crippen LogP contribution in [0.4, 0.5) is 0 Å². The second-order valence-corrected chi connectivity index (χ2v) is 5.50. The van der Waals surface area contributed by atoms with Gasteiger partial charge in [-0.15, -0.1) is 12.4 Å². The number of amides is 2. The molecule has 0 aromatic rings. The molecule has 0 rings (SSSR count). The van der Waals surface area contributed by atoms with Gasteiger partial charge in [-0.2, -0.15) is 0 Å². The Hall–Kier alpha value is -0.810. The minimum Gasteiger partial charge on any atom is -0.354 e. The number of nitrogens with two attached hydrogens (primary N) is 1. The van der Waals surface area contributed by atoms with Crippen molar-refractivity contribution in [1.29, 1.82) is 0 Å². The molecule has 108 valence electrons. The number of hydrogen-bond acceptors (Lipinski definition) is 3. The van der Waals surface area contributed by atoms with Crippen LogP contribution in [0, 0.1) is 5.41 Å². The molecular weight excluding hydrogens is 254 g/mol. The van der Waals surface area contributed by atoms with E-state index in [1.807, 2.05) is 27.7 Å². The molecule has 0 spiro atoms. The van der Waals surface area contributed by atoms with E-state index in [1.54, 1.807) is 6.92 Å². The van der Waals surface area contributed by atoms with Gasteiger partial charge in [0.15, 0.2) is 0 Å². The highest BCUT2D eigenvalue weighted by atomic mass is 35.5. The molecule has 5 nitrogen and oxygen atoms in total. The molecule has 2 atom stereocenters. The topological polar surface area (TPSA) is 84.2 Å². The van der Waals surface area contributed by atoms with Crippen molar-refractivity contribution in [3.8, 4) is 0 Å². The summed E-state index contributed by atoms with van der Waals surface area (Å²) in [6.07, 6.45) is 0.728. The Morgan fingerprint density at radius 3 is 2.11 bits per heavy atom. The van der Waals surface area contributed by atoms with Crippen molar-refractivity contribution in [2.75, 3.05) is 6.54 Å². The number of nitrogens with one attached hydrogen (secondary N) is 2. The number of carbonyl (C=O) groups is 2. The van der Waals surface area contributed by atoms with Gasteiger partial charge in [-0.05, 0) is 20.3 Å². The van der Waals surface area contributed by atoms with Crippen LogP contribution in [0.3, 0.4) is 0 Å². The molecule has 0 aromatic carbocycles. The Kier molecular flexibility index (Phi) is 9.03. The van der Waals surface area contributed by atoms with Gasteiger partial charge in [0.05, 0.1) is 0 Å². The molecule has 0 saturated heterocycles. The number of halogens is 1. The fraction of sp³-hybridized carbons (Fsp3) is 0.833. The quantitative estimate of drug-likeness (QED) is 0.696. The molecule has 4 N–H and O–H groups in total. The third-order valence-electron chi connectivity index (χ3n) is 2.32. The first-order chi connectivity index (χ1) is 7.64. The first kappa shape index (κ1) is 19.5. The Morgan fingerprint density at radius 1 is 1.22 bits per heavy atom. The number of rotatable bonds is 5. The van der Waals surface area contributed by atoms with Gasteiger partial charge < -0.3 is 16.4 Å². The van der Waals surface area contributed by atoms with Crippen molar-refractivity contribution in [1.82, 2.24) is 10.6 Å². The van der Waals surface area contributed by atoms with E-state index in [4.69, 9.17) is 5.73 Å². The van der Waals surface area contributed by atoms with Crippen molar-refractivity contribution in [2.24, 2.45) is 11.1 Å². The summed E-state index contributed by atoms with van der Waals surface area (Å²) in [5.74, 6) is -0.310. The normalized spacial score (nSPS) is 14.1. The standard InChI is InChI=1S/C12H25N3O2.ClH/c1-8(13)6-7-14-10(16)9(2)15-11(17)12(3,4)5;/h8-9H,6-7,13H2,1-5H3,(H,14,16)(H,15,17);1H. The van der Waals surface area contributed by atoms with Gasteiger partial charge in [0, 0.05) is 18.0 Å². The third-order valence-corrected chi connectivity index (χ3v) is 2.32. The lowest BCUT2D eigenvalue weighted by molar-refractivity contribution is -0.133. The number of carbonyl (C=O) groups excluding carboxylic acids is 2. The van der Waals surface area contributed by atoms with Gasteiger partial charge in [-0.3, -0.25) is 9.59 Å². The van der Waals surface area contributed by atoms with Gasteiger partial charge in [-0.1, -0.05) is 20.8 Å². The summed E-state index contributed by atoms with van der Waals surface area (Å²) in [6.45, 7) is 9.52. The van der Waals surface area contributed by atoms with Gasteiger partial charge in [0.1, 0.15) is 6.04 Å². The molecule has 18 heavy (non-hydrogen) atoms. The summed E-state index contributed by atoms with van der Waals surface area (Å²) in [4.78, 5) is 23.3. The van der Waals surface area contributed by atoms with E-state index in [9.17, 15) is 9.59 Å². The molecule has 2 amide bonds. The molecule has 0 bridgehead atoms. The lowest BCUT2D eigenvalue weighted by atomic mass is 9.95. The summed E-state index contributed by atoms with van der Waals surface area (Å²) in [5, 5.41) is 5.41. The highest BCUT2D eigenvalue weighted by Crippen LogP contribution is 2.12. The van der Waals surface area contributed by atoms with E-state index in [-0.39, 0.29) is 30.3 Å². The lowest BCUT2D eigenvalue weighted by Crippen LogP contribution is -2.48. The minimum absolute atomic E-state index is 0. The van der Waals surface area contributed by atoms with Crippen molar-refractivity contribution < 1.29 is 9.59 Å². The highest BCUT2D eigenvalue weighted by molar-refractivity contribution is 5.89. The predicted molar refractivity (Wildman–Crippen MR) is 75.6 cm³/mol. The minimum atomic E-state index is -0.519. The summed E-state index contributed by atoms with van der Waals surface area (Å²) >= 11 is 0. The van der Waals surface area contributed by atoms with E-state index in [2.05, 4.69) is 10.6 Å². The zero-order chi connectivity index (χ0) is 13.6. The highest BCUT2D eigenvalue weighted by Gasteiger charge is 2.24. The third kappa shape index (κ3) is 8.31. The summed E-state index contributed by atoms with van der Waals surface area (Å²) in [5.41, 5.74) is 5.09. The van der Waals surface area contributed by atoms with Crippen molar-refractivity contribution in [2.45, 2.75) is 53.1 Å². The number of hydrogen-bond donors (Lipinski definition) is 3. The van der Waals surface area contributed by atoms with Crippen LogP contribution in [0.15, 0.2) is 0 Å². The smallest absolute Gasteiger partial charge is 0.242 e. The average molecular weight is 280 g/mol. The van der Waals surface area contributed by atoms with Crippen molar-refractivity contribution in [3.63, 3.8) is 0 Å². The Balaban J connectivity index is 0. The van der Waals surface area contributed by atoms with E-state index in [0.29, 0.717) is 6.54 Å². The monoisotopic (exact) mass is 279 g/mol. The lowest BCUT2D eigenvalue weighted by Gasteiger charge is -2.21. The first-order valence-electron chi connectivity index (χ1n) is 5.99. The van der Waals surface area contributed by atoms with Crippen molar-refractivity contribution in [3.05, 3.63) is 0 Å². The van der Waals surface area contributed by atoms with Gasteiger partial charge in [-0.25, -0.2) is 0 Å². The van der Waals surface area contributed by atoms with E-state index >= 15 is 0 Å². The fourth-order valence-electron chi connectivity index (χ4n) is 1.05. The zero-order valence-corrected chi connectivity index (χ0v) is 12.7. The summed E-state index contributed by atoms with van der Waals surface area (Å²) in [7, 11) is 0. The van der Waals surface area contributed by atoms with E-state index < -0.39 is 11.5 Å². The average Bonchev–Trinajstić information content (AvgIpc) is 2.15. The molecule has 6 heteroatoms. The molecule has 0 aliphatic heterocycles. The molecular formula is C12H26ClN3O2. The van der Waals surface area contributed by atoms with Crippen LogP contribution in [0.2, 0.25) is 0 Å². The predicted octanol–water partition coefficient (Wildman–Crippen LogP) is 0.812. The van der Waals surface area contributed by atoms with E-state index in [1.165, 1.54) is 0 Å². The van der Waals surface area contributed by atoms with Crippen LogP contribution in [-0.2, 0) is 9.59 Å². The van der Waals surface area contributed by atoms with Gasteiger partial charge >= 0.3 is 0 Å². The maximum Gasteiger partial charge on any atom is 0.242 e. The van der Waals surface area contributed by atoms with Crippen LogP contribution in [-0.4, -0.2) is 30.4 Å². The maximum absolute atomic E-state index is 11.7. The zero-order valence-electron chi connectivity index (χ0n) is 11.9. The van der Waals surface area contributed by atoms with E-state index in [0.717, 1.165) is 6.42 Å². The van der Waals surface area contributed by atoms with Crippen LogP contribution in [0.1, 0.15) is 41.0 Å². The van der Waals surface area contributed by atoms with Crippen LogP contribution < -0.4 is 16.4 Å². The Bertz CT molecular complexity index is 275. The fourth-order valence-corrected chi connectivity index (χ4v) is 1.05. The molecule has 0 aliphatic carbocycles. The summed E-state index contributed by atoms with van der Waals surface area (Å²) in [6, 6.07) is -0.454. The van der Waals surface area contributed by atoms with Crippen LogP contribution in [0.25, 0.3) is 0 Å². The molecule has 0 radical (unpaired) electrons. The van der Waals surface area contributed by atoms with Crippen molar-refractivity contribution >= 4 is 24.2 Å². The molecule has 0 aromatic heterocycles. The molecule has 0 saturated carbocycles. The van der Waals surface area contributed by atoms with Gasteiger partial charge in [0.2, 0.25) is 11.8 Å². The SMILES string of the molecule is CC(N)CCNC(=O)C(C)NC(=O)C(C)(C)C.Cl. The summed E-state index contributed by atoms with van der Waals surface area (Å²) < 4.78 is 0. The Morgan fingerprint density at radius 2 is 1.72 bits per heavy atom. The van der Waals surface area contributed by atoms with Gasteiger partial charge in [0.25, 0.3) is 0 Å². The van der Waals surface area contributed by atoms with Crippen LogP contribution in [0.5, 0.6) is 0 Å². The molecule has 2 unspecified atom stereocenters. The molecule has 0 fully saturated rings. The second kappa shape index (κ2) is 8.32. The van der Waals surface area contributed by atoms with Crippen LogP contribution >= 0.6 is 12.4 Å².